The third-order valence-electron chi connectivity index (χ3n) is 3.89. The number of hydrogen-bond acceptors (Lipinski definition) is 4. The number of amides is 1. The van der Waals surface area contributed by atoms with Gasteiger partial charge in [0.2, 0.25) is 15.9 Å². The van der Waals surface area contributed by atoms with Crippen molar-refractivity contribution in [3.05, 3.63) is 53.6 Å². The summed E-state index contributed by atoms with van der Waals surface area (Å²) >= 11 is 0. The zero-order chi connectivity index (χ0) is 20.2. The SMILES string of the molecule is COc1ccc(S(=O)(=O)NCCN(C(C)=O)c2c(F)cccc2F)cc1C. The van der Waals surface area contributed by atoms with Gasteiger partial charge in [-0.25, -0.2) is 21.9 Å². The average Bonchev–Trinajstić information content (AvgIpc) is 2.59. The molecule has 0 atom stereocenters. The summed E-state index contributed by atoms with van der Waals surface area (Å²) in [4.78, 5) is 12.7. The van der Waals surface area contributed by atoms with Gasteiger partial charge in [0.15, 0.2) is 0 Å². The lowest BCUT2D eigenvalue weighted by Gasteiger charge is -2.22. The zero-order valence-electron chi connectivity index (χ0n) is 15.1. The molecule has 0 aliphatic carbocycles. The fourth-order valence-corrected chi connectivity index (χ4v) is 3.67. The molecule has 146 valence electrons. The van der Waals surface area contributed by atoms with Crippen LogP contribution in [-0.4, -0.2) is 34.5 Å². The van der Waals surface area contributed by atoms with Crippen molar-refractivity contribution in [3.8, 4) is 5.75 Å². The van der Waals surface area contributed by atoms with Gasteiger partial charge in [-0.05, 0) is 42.8 Å². The summed E-state index contributed by atoms with van der Waals surface area (Å²) in [6, 6.07) is 7.59. The number of para-hydroxylation sites is 1. The number of nitrogens with zero attached hydrogens (tertiary/aromatic N) is 1. The van der Waals surface area contributed by atoms with Crippen molar-refractivity contribution in [1.29, 1.82) is 0 Å². The molecule has 27 heavy (non-hydrogen) atoms. The minimum absolute atomic E-state index is 0.0206. The van der Waals surface area contributed by atoms with E-state index in [2.05, 4.69) is 4.72 Å². The Morgan fingerprint density at radius 1 is 1.19 bits per heavy atom. The van der Waals surface area contributed by atoms with Crippen LogP contribution in [0.5, 0.6) is 5.75 Å². The molecular weight excluding hydrogens is 378 g/mol. The predicted octanol–water partition coefficient (Wildman–Crippen LogP) is 2.61. The number of benzene rings is 2. The van der Waals surface area contributed by atoms with Gasteiger partial charge in [0.25, 0.3) is 0 Å². The van der Waals surface area contributed by atoms with E-state index >= 15 is 0 Å². The Kier molecular flexibility index (Phi) is 6.50. The van der Waals surface area contributed by atoms with Crippen molar-refractivity contribution in [2.75, 3.05) is 25.1 Å². The van der Waals surface area contributed by atoms with Crippen molar-refractivity contribution in [3.63, 3.8) is 0 Å². The van der Waals surface area contributed by atoms with E-state index in [1.807, 2.05) is 0 Å². The lowest BCUT2D eigenvalue weighted by molar-refractivity contribution is -0.116. The maximum absolute atomic E-state index is 13.9. The van der Waals surface area contributed by atoms with Gasteiger partial charge < -0.3 is 9.64 Å². The molecule has 2 aromatic rings. The van der Waals surface area contributed by atoms with Crippen LogP contribution in [0.1, 0.15) is 12.5 Å². The Balaban J connectivity index is 2.15. The lowest BCUT2D eigenvalue weighted by Crippen LogP contribution is -2.38. The van der Waals surface area contributed by atoms with Gasteiger partial charge >= 0.3 is 0 Å². The third kappa shape index (κ3) is 4.81. The molecule has 0 saturated heterocycles. The molecule has 0 bridgehead atoms. The number of hydrogen-bond donors (Lipinski definition) is 1. The first-order chi connectivity index (χ1) is 12.7. The Morgan fingerprint density at radius 2 is 1.81 bits per heavy atom. The highest BCUT2D eigenvalue weighted by Crippen LogP contribution is 2.24. The Bertz CT molecular complexity index is 928. The highest BCUT2D eigenvalue weighted by atomic mass is 32.2. The first kappa shape index (κ1) is 20.8. The van der Waals surface area contributed by atoms with Crippen LogP contribution in [0.4, 0.5) is 14.5 Å². The molecule has 0 spiro atoms. The summed E-state index contributed by atoms with van der Waals surface area (Å²) in [6.07, 6.45) is 0. The van der Waals surface area contributed by atoms with E-state index in [1.54, 1.807) is 6.92 Å². The van der Waals surface area contributed by atoms with Crippen LogP contribution in [0.25, 0.3) is 0 Å². The van der Waals surface area contributed by atoms with Crippen LogP contribution in [0.2, 0.25) is 0 Å². The molecule has 6 nitrogen and oxygen atoms in total. The number of carbonyl (C=O) groups excluding carboxylic acids is 1. The van der Waals surface area contributed by atoms with E-state index in [0.717, 1.165) is 24.0 Å². The van der Waals surface area contributed by atoms with E-state index in [1.165, 1.54) is 31.4 Å². The van der Waals surface area contributed by atoms with Gasteiger partial charge in [-0.1, -0.05) is 6.07 Å². The molecule has 2 aromatic carbocycles. The number of halogens is 2. The van der Waals surface area contributed by atoms with Gasteiger partial charge in [-0.2, -0.15) is 0 Å². The number of carbonyl (C=O) groups is 1. The molecular formula is C18H20F2N2O4S. The molecule has 0 radical (unpaired) electrons. The standard InChI is InChI=1S/C18H20F2N2O4S/c1-12-11-14(7-8-17(12)26-3)27(24,25)21-9-10-22(13(2)23)18-15(19)5-4-6-16(18)20/h4-8,11,21H,9-10H2,1-3H3. The first-order valence-electron chi connectivity index (χ1n) is 8.04. The van der Waals surface area contributed by atoms with E-state index < -0.39 is 33.3 Å². The molecule has 0 heterocycles. The van der Waals surface area contributed by atoms with E-state index in [9.17, 15) is 22.0 Å². The summed E-state index contributed by atoms with van der Waals surface area (Å²) in [5.41, 5.74) is 0.128. The molecule has 0 aliphatic rings. The van der Waals surface area contributed by atoms with Gasteiger partial charge in [0.1, 0.15) is 23.1 Å². The quantitative estimate of drug-likeness (QED) is 0.778. The molecule has 0 saturated carbocycles. The second kappa shape index (κ2) is 8.45. The van der Waals surface area contributed by atoms with Crippen LogP contribution < -0.4 is 14.4 Å². The van der Waals surface area contributed by atoms with Crippen molar-refractivity contribution in [1.82, 2.24) is 4.72 Å². The van der Waals surface area contributed by atoms with Crippen LogP contribution >= 0.6 is 0 Å². The minimum atomic E-state index is -3.86. The summed E-state index contributed by atoms with van der Waals surface area (Å²) in [5.74, 6) is -1.87. The smallest absolute Gasteiger partial charge is 0.240 e. The summed E-state index contributed by atoms with van der Waals surface area (Å²) in [5, 5.41) is 0. The molecule has 9 heteroatoms. The topological polar surface area (TPSA) is 75.7 Å². The fraction of sp³-hybridized carbons (Fsp3) is 0.278. The van der Waals surface area contributed by atoms with Crippen molar-refractivity contribution >= 4 is 21.6 Å². The minimum Gasteiger partial charge on any atom is -0.496 e. The number of anilines is 1. The number of sulfonamides is 1. The van der Waals surface area contributed by atoms with Crippen LogP contribution in [0.3, 0.4) is 0 Å². The summed E-state index contributed by atoms with van der Waals surface area (Å²) in [6.45, 7) is 2.39. The van der Waals surface area contributed by atoms with Gasteiger partial charge in [0, 0.05) is 20.0 Å². The van der Waals surface area contributed by atoms with Crippen molar-refractivity contribution < 1.29 is 26.7 Å². The normalized spacial score (nSPS) is 11.3. The van der Waals surface area contributed by atoms with Crippen LogP contribution in [0.15, 0.2) is 41.3 Å². The Labute approximate surface area is 156 Å². The second-order valence-corrected chi connectivity index (χ2v) is 7.54. The number of ether oxygens (including phenoxy) is 1. The van der Waals surface area contributed by atoms with E-state index in [4.69, 9.17) is 4.74 Å². The Hall–Kier alpha value is -2.52. The third-order valence-corrected chi connectivity index (χ3v) is 5.35. The highest BCUT2D eigenvalue weighted by molar-refractivity contribution is 7.89. The van der Waals surface area contributed by atoms with Gasteiger partial charge in [-0.3, -0.25) is 4.79 Å². The number of nitrogens with one attached hydrogen (secondary N) is 1. The maximum atomic E-state index is 13.9. The lowest BCUT2D eigenvalue weighted by atomic mass is 10.2. The summed E-state index contributed by atoms with van der Waals surface area (Å²) in [7, 11) is -2.38. The van der Waals surface area contributed by atoms with E-state index in [-0.39, 0.29) is 18.0 Å². The predicted molar refractivity (Wildman–Crippen MR) is 97.3 cm³/mol. The van der Waals surface area contributed by atoms with Crippen molar-refractivity contribution in [2.45, 2.75) is 18.7 Å². The molecule has 1 N–H and O–H groups in total. The molecule has 1 amide bonds. The molecule has 0 aliphatic heterocycles. The van der Waals surface area contributed by atoms with Crippen LogP contribution in [0, 0.1) is 18.6 Å². The molecule has 0 unspecified atom stereocenters. The first-order valence-corrected chi connectivity index (χ1v) is 9.52. The van der Waals surface area contributed by atoms with E-state index in [0.29, 0.717) is 11.3 Å². The fourth-order valence-electron chi connectivity index (χ4n) is 2.57. The van der Waals surface area contributed by atoms with Crippen LogP contribution in [-0.2, 0) is 14.8 Å². The average molecular weight is 398 g/mol. The number of rotatable bonds is 7. The second-order valence-electron chi connectivity index (χ2n) is 5.77. The van der Waals surface area contributed by atoms with Gasteiger partial charge in [-0.15, -0.1) is 0 Å². The summed E-state index contributed by atoms with van der Waals surface area (Å²) < 4.78 is 60.1. The highest BCUT2D eigenvalue weighted by Gasteiger charge is 2.21. The Morgan fingerprint density at radius 3 is 2.33 bits per heavy atom. The molecule has 0 fully saturated rings. The number of methoxy groups -OCH3 is 1. The number of aryl methyl sites for hydroxylation is 1. The van der Waals surface area contributed by atoms with Crippen molar-refractivity contribution in [2.24, 2.45) is 0 Å². The zero-order valence-corrected chi connectivity index (χ0v) is 15.9. The molecule has 2 rings (SSSR count). The largest absolute Gasteiger partial charge is 0.496 e. The molecule has 0 aromatic heterocycles. The monoisotopic (exact) mass is 398 g/mol. The maximum Gasteiger partial charge on any atom is 0.240 e. The van der Waals surface area contributed by atoms with Gasteiger partial charge in [0.05, 0.1) is 12.0 Å².